The van der Waals surface area contributed by atoms with Crippen LogP contribution in [0.3, 0.4) is 0 Å². The van der Waals surface area contributed by atoms with E-state index in [0.717, 1.165) is 34.4 Å². The summed E-state index contributed by atoms with van der Waals surface area (Å²) in [6.45, 7) is 3.89. The second-order valence-electron chi connectivity index (χ2n) is 8.02. The van der Waals surface area contributed by atoms with Crippen LogP contribution in [0, 0.1) is 13.8 Å². The third-order valence-electron chi connectivity index (χ3n) is 5.70. The molecule has 0 aliphatic rings. The van der Waals surface area contributed by atoms with Gasteiger partial charge in [0.05, 0.1) is 21.8 Å². The van der Waals surface area contributed by atoms with E-state index in [9.17, 15) is 21.6 Å². The number of nitrogens with zero attached hydrogens (tertiary/aromatic N) is 1. The Morgan fingerprint density at radius 3 is 2.06 bits per heavy atom. The van der Waals surface area contributed by atoms with E-state index >= 15 is 0 Å². The highest BCUT2D eigenvalue weighted by molar-refractivity contribution is 7.89. The van der Waals surface area contributed by atoms with Gasteiger partial charge in [0, 0.05) is 11.1 Å². The lowest BCUT2D eigenvalue weighted by atomic mass is 9.93. The lowest BCUT2D eigenvalue weighted by Crippen LogP contribution is -2.11. The highest BCUT2D eigenvalue weighted by Crippen LogP contribution is 2.34. The third kappa shape index (κ3) is 4.88. The van der Waals surface area contributed by atoms with E-state index in [1.165, 1.54) is 24.3 Å². The molecule has 4 aromatic rings. The molecule has 0 spiro atoms. The van der Waals surface area contributed by atoms with Gasteiger partial charge < -0.3 is 0 Å². The molecule has 0 radical (unpaired) electrons. The Bertz CT molecular complexity index is 1480. The number of aromatic nitrogens is 1. The van der Waals surface area contributed by atoms with Crippen molar-refractivity contribution in [3.8, 4) is 33.6 Å². The van der Waals surface area contributed by atoms with Gasteiger partial charge in [0.25, 0.3) is 0 Å². The summed E-state index contributed by atoms with van der Waals surface area (Å²) in [4.78, 5) is 4.73. The van der Waals surface area contributed by atoms with Crippen LogP contribution < -0.4 is 5.14 Å². The predicted octanol–water partition coefficient (Wildman–Crippen LogP) is 6.37. The molecule has 0 amide bonds. The minimum atomic E-state index is -4.39. The molecular weight excluding hydrogens is 461 g/mol. The molecule has 3 aromatic carbocycles. The Morgan fingerprint density at radius 2 is 1.41 bits per heavy atom. The van der Waals surface area contributed by atoms with Gasteiger partial charge in [0.2, 0.25) is 10.0 Å². The van der Waals surface area contributed by atoms with Crippen LogP contribution in [0.15, 0.2) is 83.8 Å². The number of nitrogens with two attached hydrogens (primary N) is 1. The van der Waals surface area contributed by atoms with Crippen molar-refractivity contribution in [2.75, 3.05) is 0 Å². The number of halogens is 3. The average molecular weight is 483 g/mol. The number of benzene rings is 3. The van der Waals surface area contributed by atoms with Crippen molar-refractivity contribution in [2.45, 2.75) is 24.9 Å². The van der Waals surface area contributed by atoms with Gasteiger partial charge in [0.15, 0.2) is 0 Å². The molecule has 8 heteroatoms. The van der Waals surface area contributed by atoms with E-state index in [1.807, 2.05) is 38.1 Å². The van der Waals surface area contributed by atoms with Gasteiger partial charge in [-0.2, -0.15) is 13.2 Å². The summed E-state index contributed by atoms with van der Waals surface area (Å²) < 4.78 is 62.3. The first kappa shape index (κ1) is 23.7. The van der Waals surface area contributed by atoms with Crippen LogP contribution in [0.5, 0.6) is 0 Å². The number of aryl methyl sites for hydroxylation is 1. The third-order valence-corrected chi connectivity index (χ3v) is 6.61. The molecule has 0 saturated carbocycles. The van der Waals surface area contributed by atoms with Crippen LogP contribution in [0.2, 0.25) is 0 Å². The molecule has 2 N–H and O–H groups in total. The van der Waals surface area contributed by atoms with E-state index < -0.39 is 21.8 Å². The summed E-state index contributed by atoms with van der Waals surface area (Å²) in [5.74, 6) is 0. The zero-order valence-corrected chi connectivity index (χ0v) is 19.2. The van der Waals surface area contributed by atoms with Crippen molar-refractivity contribution in [1.29, 1.82) is 0 Å². The Labute approximate surface area is 196 Å². The highest BCUT2D eigenvalue weighted by Gasteiger charge is 2.30. The van der Waals surface area contributed by atoms with E-state index in [1.54, 1.807) is 18.2 Å². The fraction of sp³-hybridized carbons (Fsp3) is 0.115. The summed E-state index contributed by atoms with van der Waals surface area (Å²) in [7, 11) is -3.85. The molecule has 0 unspecified atom stereocenters. The molecular formula is C26H21F3N2O2S. The first-order valence-electron chi connectivity index (χ1n) is 10.3. The molecule has 34 heavy (non-hydrogen) atoms. The van der Waals surface area contributed by atoms with Gasteiger partial charge in [-0.05, 0) is 78.6 Å². The number of hydrogen-bond acceptors (Lipinski definition) is 3. The van der Waals surface area contributed by atoms with Crippen LogP contribution in [0.25, 0.3) is 33.6 Å². The van der Waals surface area contributed by atoms with Crippen molar-refractivity contribution < 1.29 is 21.6 Å². The smallest absolute Gasteiger partial charge is 0.248 e. The van der Waals surface area contributed by atoms with E-state index in [-0.39, 0.29) is 4.90 Å². The number of primary sulfonamides is 1. The summed E-state index contributed by atoms with van der Waals surface area (Å²) in [5, 5.41) is 5.26. The topological polar surface area (TPSA) is 73.1 Å². The summed E-state index contributed by atoms with van der Waals surface area (Å²) in [6, 6.07) is 20.6. The van der Waals surface area contributed by atoms with Crippen LogP contribution >= 0.6 is 0 Å². The standard InChI is InChI=1S/C26H21F3N2O2S/c1-16-13-20(18-9-11-21(12-10-18)26(27,28)29)15-23(17(16)2)25-8-4-7-24(31-25)19-5-3-6-22(14-19)34(30,32)33/h3-15H,1-2H3,(H2,30,32,33). The molecule has 4 rings (SSSR count). The van der Waals surface area contributed by atoms with E-state index in [2.05, 4.69) is 0 Å². The van der Waals surface area contributed by atoms with E-state index in [4.69, 9.17) is 10.1 Å². The minimum Gasteiger partial charge on any atom is -0.248 e. The molecule has 0 aliphatic heterocycles. The quantitative estimate of drug-likeness (QED) is 0.368. The Morgan fingerprint density at radius 1 is 0.765 bits per heavy atom. The molecule has 4 nitrogen and oxygen atoms in total. The van der Waals surface area contributed by atoms with Crippen molar-refractivity contribution >= 4 is 10.0 Å². The van der Waals surface area contributed by atoms with Gasteiger partial charge in [0.1, 0.15) is 0 Å². The normalized spacial score (nSPS) is 12.1. The van der Waals surface area contributed by atoms with Crippen LogP contribution in [-0.2, 0) is 16.2 Å². The molecule has 1 aromatic heterocycles. The van der Waals surface area contributed by atoms with Gasteiger partial charge in [-0.1, -0.05) is 36.4 Å². The van der Waals surface area contributed by atoms with Crippen molar-refractivity contribution in [1.82, 2.24) is 4.98 Å². The lowest BCUT2D eigenvalue weighted by Gasteiger charge is -2.14. The van der Waals surface area contributed by atoms with Crippen LogP contribution in [0.4, 0.5) is 13.2 Å². The van der Waals surface area contributed by atoms with Crippen molar-refractivity contribution in [3.63, 3.8) is 0 Å². The Hall–Kier alpha value is -3.49. The number of hydrogen-bond donors (Lipinski definition) is 1. The lowest BCUT2D eigenvalue weighted by molar-refractivity contribution is -0.137. The molecule has 1 heterocycles. The van der Waals surface area contributed by atoms with Gasteiger partial charge in [-0.25, -0.2) is 18.5 Å². The van der Waals surface area contributed by atoms with Gasteiger partial charge in [-0.15, -0.1) is 0 Å². The number of sulfonamides is 1. The summed E-state index contributed by atoms with van der Waals surface area (Å²) in [5.41, 5.74) is 5.35. The SMILES string of the molecule is Cc1cc(-c2ccc(C(F)(F)F)cc2)cc(-c2cccc(-c3cccc(S(N)(=O)=O)c3)n2)c1C. The van der Waals surface area contributed by atoms with Crippen LogP contribution in [0.1, 0.15) is 16.7 Å². The fourth-order valence-electron chi connectivity index (χ4n) is 3.72. The fourth-order valence-corrected chi connectivity index (χ4v) is 4.28. The predicted molar refractivity (Wildman–Crippen MR) is 126 cm³/mol. The molecule has 0 fully saturated rings. The summed E-state index contributed by atoms with van der Waals surface area (Å²) in [6.07, 6.45) is -4.39. The van der Waals surface area contributed by atoms with Crippen molar-refractivity contribution in [2.24, 2.45) is 5.14 Å². The first-order valence-corrected chi connectivity index (χ1v) is 11.9. The van der Waals surface area contributed by atoms with Gasteiger partial charge in [-0.3, -0.25) is 0 Å². The van der Waals surface area contributed by atoms with Gasteiger partial charge >= 0.3 is 6.18 Å². The Balaban J connectivity index is 1.78. The maximum atomic E-state index is 12.9. The first-order chi connectivity index (χ1) is 15.9. The number of rotatable bonds is 4. The van der Waals surface area contributed by atoms with Crippen LogP contribution in [-0.4, -0.2) is 13.4 Å². The zero-order valence-electron chi connectivity index (χ0n) is 18.4. The maximum absolute atomic E-state index is 12.9. The van der Waals surface area contributed by atoms with Crippen molar-refractivity contribution in [3.05, 3.63) is 95.6 Å². The molecule has 0 atom stereocenters. The molecule has 0 bridgehead atoms. The largest absolute Gasteiger partial charge is 0.416 e. The number of alkyl halides is 3. The Kier molecular flexibility index (Phi) is 6.05. The summed E-state index contributed by atoms with van der Waals surface area (Å²) >= 11 is 0. The second kappa shape index (κ2) is 8.70. The average Bonchev–Trinajstić information content (AvgIpc) is 2.80. The molecule has 174 valence electrons. The second-order valence-corrected chi connectivity index (χ2v) is 9.58. The highest BCUT2D eigenvalue weighted by atomic mass is 32.2. The monoisotopic (exact) mass is 482 g/mol. The van der Waals surface area contributed by atoms with E-state index in [0.29, 0.717) is 22.5 Å². The maximum Gasteiger partial charge on any atom is 0.416 e. The number of pyridine rings is 1. The minimum absolute atomic E-state index is 0.00599. The zero-order chi connectivity index (χ0) is 24.7. The molecule has 0 aliphatic carbocycles. The molecule has 0 saturated heterocycles.